The Kier molecular flexibility index (Phi) is 5.61. The van der Waals surface area contributed by atoms with E-state index < -0.39 is 0 Å². The molecule has 21 heavy (non-hydrogen) atoms. The quantitative estimate of drug-likeness (QED) is 0.801. The van der Waals surface area contributed by atoms with Crippen molar-refractivity contribution in [1.82, 2.24) is 9.80 Å². The van der Waals surface area contributed by atoms with Crippen molar-refractivity contribution in [3.05, 3.63) is 29.8 Å². The number of likely N-dealkylation sites (N-methyl/N-ethyl adjacent to an activating group) is 1. The van der Waals surface area contributed by atoms with E-state index in [0.29, 0.717) is 19.7 Å². The van der Waals surface area contributed by atoms with E-state index >= 15 is 0 Å². The zero-order valence-electron chi connectivity index (χ0n) is 12.3. The van der Waals surface area contributed by atoms with Crippen molar-refractivity contribution in [3.63, 3.8) is 0 Å². The van der Waals surface area contributed by atoms with Gasteiger partial charge in [-0.25, -0.2) is 0 Å². The lowest BCUT2D eigenvalue weighted by Gasteiger charge is -2.31. The zero-order valence-corrected chi connectivity index (χ0v) is 12.3. The topological polar surface area (TPSA) is 58.8 Å². The Bertz CT molecular complexity index is 548. The molecule has 0 unspecified atom stereocenters. The summed E-state index contributed by atoms with van der Waals surface area (Å²) in [5, 5.41) is 0. The average molecular weight is 287 g/mol. The summed E-state index contributed by atoms with van der Waals surface area (Å²) in [7, 11) is 1.84. The second kappa shape index (κ2) is 7.67. The Morgan fingerprint density at radius 3 is 3.00 bits per heavy atom. The van der Waals surface area contributed by atoms with Gasteiger partial charge in [-0.05, 0) is 18.2 Å². The Labute approximate surface area is 125 Å². The molecule has 1 aliphatic heterocycles. The van der Waals surface area contributed by atoms with Crippen LogP contribution in [0.2, 0.25) is 0 Å². The third-order valence-corrected chi connectivity index (χ3v) is 3.38. The monoisotopic (exact) mass is 287 g/mol. The minimum atomic E-state index is 0.167. The van der Waals surface area contributed by atoms with Crippen molar-refractivity contribution < 1.29 is 9.53 Å². The van der Waals surface area contributed by atoms with Crippen LogP contribution in [-0.2, 0) is 4.79 Å². The lowest BCUT2D eigenvalue weighted by molar-refractivity contribution is -0.134. The number of benzene rings is 1. The molecule has 112 valence electrons. The molecule has 0 aromatic heterocycles. The first-order chi connectivity index (χ1) is 10.2. The van der Waals surface area contributed by atoms with E-state index in [2.05, 4.69) is 16.7 Å². The average Bonchev–Trinajstić information content (AvgIpc) is 2.49. The number of piperazine rings is 1. The fourth-order valence-electron chi connectivity index (χ4n) is 2.11. The van der Waals surface area contributed by atoms with Gasteiger partial charge in [0.25, 0.3) is 0 Å². The highest BCUT2D eigenvalue weighted by atomic mass is 16.5. The maximum Gasteiger partial charge on any atom is 0.236 e. The van der Waals surface area contributed by atoms with Gasteiger partial charge >= 0.3 is 0 Å². The fraction of sp³-hybridized carbons (Fsp3) is 0.438. The molecule has 0 bridgehead atoms. The number of hydrogen-bond acceptors (Lipinski definition) is 4. The molecule has 2 N–H and O–H groups in total. The minimum absolute atomic E-state index is 0.167. The molecule has 0 atom stereocenters. The van der Waals surface area contributed by atoms with Crippen LogP contribution in [0.1, 0.15) is 5.56 Å². The Hall–Kier alpha value is -2.03. The highest BCUT2D eigenvalue weighted by Gasteiger charge is 2.20. The van der Waals surface area contributed by atoms with Crippen molar-refractivity contribution >= 4 is 5.91 Å². The third-order valence-electron chi connectivity index (χ3n) is 3.38. The normalized spacial score (nSPS) is 15.5. The van der Waals surface area contributed by atoms with Gasteiger partial charge in [-0.2, -0.15) is 0 Å². The van der Waals surface area contributed by atoms with E-state index in [1.165, 1.54) is 0 Å². The summed E-state index contributed by atoms with van der Waals surface area (Å²) in [6.07, 6.45) is 0. The van der Waals surface area contributed by atoms with Crippen LogP contribution in [0.15, 0.2) is 24.3 Å². The molecule has 5 heteroatoms. The van der Waals surface area contributed by atoms with Crippen LogP contribution < -0.4 is 10.5 Å². The molecular formula is C16H21N3O2. The second-order valence-corrected chi connectivity index (χ2v) is 4.97. The summed E-state index contributed by atoms with van der Waals surface area (Å²) in [6, 6.07) is 7.64. The zero-order chi connectivity index (χ0) is 15.1. The second-order valence-electron chi connectivity index (χ2n) is 4.97. The smallest absolute Gasteiger partial charge is 0.236 e. The van der Waals surface area contributed by atoms with Crippen LogP contribution >= 0.6 is 0 Å². The van der Waals surface area contributed by atoms with Crippen molar-refractivity contribution in [2.75, 3.05) is 46.4 Å². The molecule has 1 heterocycles. The highest BCUT2D eigenvalue weighted by molar-refractivity contribution is 5.78. The summed E-state index contributed by atoms with van der Waals surface area (Å²) in [5.74, 6) is 6.76. The first-order valence-corrected chi connectivity index (χ1v) is 7.07. The summed E-state index contributed by atoms with van der Waals surface area (Å²) in [6.45, 7) is 3.81. The summed E-state index contributed by atoms with van der Waals surface area (Å²) in [5.41, 5.74) is 6.25. The lowest BCUT2D eigenvalue weighted by Crippen LogP contribution is -2.49. The highest BCUT2D eigenvalue weighted by Crippen LogP contribution is 2.12. The molecule has 0 aliphatic carbocycles. The van der Waals surface area contributed by atoms with Crippen LogP contribution in [0.5, 0.6) is 5.75 Å². The van der Waals surface area contributed by atoms with E-state index in [1.807, 2.05) is 31.3 Å². The third kappa shape index (κ3) is 4.78. The lowest BCUT2D eigenvalue weighted by atomic mass is 10.2. The van der Waals surface area contributed by atoms with Crippen molar-refractivity contribution in [3.8, 4) is 17.6 Å². The molecule has 1 aliphatic rings. The number of rotatable bonds is 4. The van der Waals surface area contributed by atoms with Gasteiger partial charge in [-0.15, -0.1) is 0 Å². The van der Waals surface area contributed by atoms with Gasteiger partial charge in [-0.1, -0.05) is 17.9 Å². The van der Waals surface area contributed by atoms with Gasteiger partial charge in [0, 0.05) is 32.2 Å². The van der Waals surface area contributed by atoms with Crippen LogP contribution in [-0.4, -0.2) is 62.1 Å². The number of nitrogens with two attached hydrogens (primary N) is 1. The van der Waals surface area contributed by atoms with E-state index in [-0.39, 0.29) is 5.91 Å². The predicted molar refractivity (Wildman–Crippen MR) is 81.9 cm³/mol. The maximum absolute atomic E-state index is 11.6. The number of nitrogens with zero attached hydrogens (tertiary/aromatic N) is 2. The Morgan fingerprint density at radius 2 is 2.24 bits per heavy atom. The van der Waals surface area contributed by atoms with Crippen molar-refractivity contribution in [2.45, 2.75) is 0 Å². The largest absolute Gasteiger partial charge is 0.492 e. The van der Waals surface area contributed by atoms with Crippen molar-refractivity contribution in [1.29, 1.82) is 0 Å². The predicted octanol–water partition coefficient (Wildman–Crippen LogP) is 0.150. The summed E-state index contributed by atoms with van der Waals surface area (Å²) in [4.78, 5) is 15.5. The van der Waals surface area contributed by atoms with Crippen LogP contribution in [0.3, 0.4) is 0 Å². The first-order valence-electron chi connectivity index (χ1n) is 7.07. The van der Waals surface area contributed by atoms with E-state index in [4.69, 9.17) is 10.5 Å². The molecule has 1 saturated heterocycles. The van der Waals surface area contributed by atoms with Gasteiger partial charge in [0.15, 0.2) is 0 Å². The molecule has 0 spiro atoms. The van der Waals surface area contributed by atoms with Crippen LogP contribution in [0, 0.1) is 11.8 Å². The molecule has 0 radical (unpaired) electrons. The Balaban J connectivity index is 1.79. The van der Waals surface area contributed by atoms with E-state index in [9.17, 15) is 4.79 Å². The maximum atomic E-state index is 11.6. The Morgan fingerprint density at radius 1 is 1.38 bits per heavy atom. The molecule has 0 saturated carbocycles. The summed E-state index contributed by atoms with van der Waals surface area (Å²) >= 11 is 0. The standard InChI is InChI=1S/C16H21N3O2/c1-18-8-9-19(13-16(18)20)10-11-21-15-6-2-4-14(12-15)5-3-7-17/h2,4,6,12H,7-11,13,17H2,1H3. The minimum Gasteiger partial charge on any atom is -0.492 e. The SMILES string of the molecule is CN1CCN(CCOc2cccc(C#CCN)c2)CC1=O. The van der Waals surface area contributed by atoms with E-state index in [0.717, 1.165) is 30.9 Å². The van der Waals surface area contributed by atoms with Gasteiger partial charge in [0.1, 0.15) is 12.4 Å². The van der Waals surface area contributed by atoms with Gasteiger partial charge < -0.3 is 15.4 Å². The van der Waals surface area contributed by atoms with Crippen molar-refractivity contribution in [2.24, 2.45) is 5.73 Å². The fourth-order valence-corrected chi connectivity index (χ4v) is 2.11. The molecule has 5 nitrogen and oxygen atoms in total. The van der Waals surface area contributed by atoms with Gasteiger partial charge in [0.2, 0.25) is 5.91 Å². The summed E-state index contributed by atoms with van der Waals surface area (Å²) < 4.78 is 5.73. The number of carbonyl (C=O) groups is 1. The molecule has 1 aromatic rings. The number of ether oxygens (including phenoxy) is 1. The number of hydrogen-bond donors (Lipinski definition) is 1. The number of amides is 1. The molecule has 1 amide bonds. The van der Waals surface area contributed by atoms with Gasteiger partial charge in [-0.3, -0.25) is 9.69 Å². The molecule has 1 fully saturated rings. The van der Waals surface area contributed by atoms with E-state index in [1.54, 1.807) is 4.90 Å². The van der Waals surface area contributed by atoms with Gasteiger partial charge in [0.05, 0.1) is 13.1 Å². The molecular weight excluding hydrogens is 266 g/mol. The first kappa shape index (κ1) is 15.4. The van der Waals surface area contributed by atoms with Crippen LogP contribution in [0.4, 0.5) is 0 Å². The molecule has 1 aromatic carbocycles. The number of carbonyl (C=O) groups excluding carboxylic acids is 1. The van der Waals surface area contributed by atoms with Crippen LogP contribution in [0.25, 0.3) is 0 Å². The molecule has 2 rings (SSSR count).